The number of ether oxygens (including phenoxy) is 3. The van der Waals surface area contributed by atoms with Gasteiger partial charge in [0.2, 0.25) is 0 Å². The smallest absolute Gasteiger partial charge is 0.161 e. The lowest BCUT2D eigenvalue weighted by atomic mass is 9.95. The average Bonchev–Trinajstić information content (AvgIpc) is 3.13. The molecule has 1 aliphatic heterocycles. The van der Waals surface area contributed by atoms with E-state index >= 15 is 0 Å². The van der Waals surface area contributed by atoms with Gasteiger partial charge in [0.05, 0.1) is 20.3 Å². The molecule has 33 heavy (non-hydrogen) atoms. The third-order valence-electron chi connectivity index (χ3n) is 5.97. The summed E-state index contributed by atoms with van der Waals surface area (Å²) in [6, 6.07) is 22.1. The third kappa shape index (κ3) is 5.80. The zero-order valence-electron chi connectivity index (χ0n) is 19.2. The highest BCUT2D eigenvalue weighted by molar-refractivity contribution is 6.30. The summed E-state index contributed by atoms with van der Waals surface area (Å²) in [6.07, 6.45) is 1.08. The molecule has 174 valence electrons. The first kappa shape index (κ1) is 23.4. The highest BCUT2D eigenvalue weighted by Crippen LogP contribution is 2.40. The van der Waals surface area contributed by atoms with E-state index in [9.17, 15) is 0 Å². The largest absolute Gasteiger partial charge is 0.496 e. The van der Waals surface area contributed by atoms with Crippen molar-refractivity contribution in [1.82, 2.24) is 10.2 Å². The highest BCUT2D eigenvalue weighted by Gasteiger charge is 2.27. The molecule has 0 aliphatic carbocycles. The third-order valence-corrected chi connectivity index (χ3v) is 6.20. The van der Waals surface area contributed by atoms with Crippen molar-refractivity contribution < 1.29 is 14.2 Å². The van der Waals surface area contributed by atoms with Gasteiger partial charge in [-0.15, -0.1) is 0 Å². The van der Waals surface area contributed by atoms with Gasteiger partial charge in [-0.1, -0.05) is 48.0 Å². The summed E-state index contributed by atoms with van der Waals surface area (Å²) < 4.78 is 17.6. The first-order chi connectivity index (χ1) is 16.2. The Morgan fingerprint density at radius 3 is 2.45 bits per heavy atom. The Hall–Kier alpha value is -2.73. The molecular formula is C27H31ClN2O3. The van der Waals surface area contributed by atoms with Crippen LogP contribution >= 0.6 is 11.6 Å². The Morgan fingerprint density at radius 1 is 0.879 bits per heavy atom. The van der Waals surface area contributed by atoms with Crippen LogP contribution in [0.15, 0.2) is 66.7 Å². The molecule has 1 heterocycles. The fraction of sp³-hybridized carbons (Fsp3) is 0.333. The number of nitrogens with one attached hydrogen (secondary N) is 1. The van der Waals surface area contributed by atoms with Crippen LogP contribution in [0.3, 0.4) is 0 Å². The van der Waals surface area contributed by atoms with Crippen LogP contribution in [0.25, 0.3) is 0 Å². The first-order valence-corrected chi connectivity index (χ1v) is 11.7. The molecule has 0 amide bonds. The molecule has 1 saturated heterocycles. The van der Waals surface area contributed by atoms with Gasteiger partial charge < -0.3 is 19.5 Å². The molecule has 1 atom stereocenters. The summed E-state index contributed by atoms with van der Waals surface area (Å²) in [4.78, 5) is 2.48. The maximum Gasteiger partial charge on any atom is 0.161 e. The van der Waals surface area contributed by atoms with Crippen molar-refractivity contribution in [3.8, 4) is 17.2 Å². The van der Waals surface area contributed by atoms with Crippen molar-refractivity contribution in [3.05, 3.63) is 88.4 Å². The van der Waals surface area contributed by atoms with Crippen LogP contribution in [0.2, 0.25) is 5.02 Å². The fourth-order valence-corrected chi connectivity index (χ4v) is 4.52. The van der Waals surface area contributed by atoms with Crippen LogP contribution in [0.5, 0.6) is 17.2 Å². The van der Waals surface area contributed by atoms with E-state index in [1.807, 2.05) is 42.5 Å². The van der Waals surface area contributed by atoms with E-state index in [1.54, 1.807) is 14.2 Å². The van der Waals surface area contributed by atoms with Gasteiger partial charge in [-0.2, -0.15) is 0 Å². The van der Waals surface area contributed by atoms with Gasteiger partial charge in [-0.25, -0.2) is 0 Å². The van der Waals surface area contributed by atoms with Crippen LogP contribution in [-0.2, 0) is 6.61 Å². The molecule has 0 aromatic heterocycles. The molecule has 0 bridgehead atoms. The summed E-state index contributed by atoms with van der Waals surface area (Å²) in [5.74, 6) is 2.26. The number of halogens is 1. The predicted octanol–water partition coefficient (Wildman–Crippen LogP) is 5.32. The quantitative estimate of drug-likeness (QED) is 0.486. The summed E-state index contributed by atoms with van der Waals surface area (Å²) >= 11 is 6.43. The number of hydrogen-bond acceptors (Lipinski definition) is 5. The van der Waals surface area contributed by atoms with Gasteiger partial charge >= 0.3 is 0 Å². The van der Waals surface area contributed by atoms with Crippen molar-refractivity contribution >= 4 is 11.6 Å². The Bertz CT molecular complexity index is 1040. The summed E-state index contributed by atoms with van der Waals surface area (Å²) in [6.45, 7) is 4.34. The molecule has 1 aliphatic rings. The highest BCUT2D eigenvalue weighted by atomic mass is 35.5. The Morgan fingerprint density at radius 2 is 1.67 bits per heavy atom. The monoisotopic (exact) mass is 466 g/mol. The Kier molecular flexibility index (Phi) is 8.10. The molecule has 0 spiro atoms. The molecule has 0 radical (unpaired) electrons. The minimum absolute atomic E-state index is 0.0179. The average molecular weight is 467 g/mol. The topological polar surface area (TPSA) is 43.0 Å². The minimum atomic E-state index is -0.0179. The zero-order chi connectivity index (χ0) is 23.0. The van der Waals surface area contributed by atoms with Gasteiger partial charge in [0.15, 0.2) is 11.5 Å². The first-order valence-electron chi connectivity index (χ1n) is 11.3. The summed E-state index contributed by atoms with van der Waals surface area (Å²) in [7, 11) is 3.38. The Labute approximate surface area is 201 Å². The predicted molar refractivity (Wildman–Crippen MR) is 133 cm³/mol. The van der Waals surface area contributed by atoms with Gasteiger partial charge in [0.25, 0.3) is 0 Å². The van der Waals surface area contributed by atoms with Crippen LogP contribution in [0.1, 0.15) is 29.2 Å². The van der Waals surface area contributed by atoms with Crippen LogP contribution < -0.4 is 19.5 Å². The number of rotatable bonds is 8. The molecule has 3 aromatic rings. The summed E-state index contributed by atoms with van der Waals surface area (Å²) in [5.41, 5.74) is 3.27. The van der Waals surface area contributed by atoms with E-state index in [0.717, 1.165) is 60.8 Å². The number of hydrogen-bond donors (Lipinski definition) is 1. The van der Waals surface area contributed by atoms with Crippen molar-refractivity contribution in [2.75, 3.05) is 40.4 Å². The number of nitrogens with zero attached hydrogens (tertiary/aromatic N) is 1. The standard InChI is InChI=1S/C27H31ClN2O3/c1-31-24-12-10-22(28)18-23(24)27(30-15-6-13-29-14-16-30)21-9-11-25(26(17-21)32-2)33-19-20-7-4-3-5-8-20/h3-5,7-12,17-18,27,29H,6,13-16,19H2,1-2H3. The molecule has 1 N–H and O–H groups in total. The van der Waals surface area contributed by atoms with E-state index in [1.165, 1.54) is 0 Å². The molecule has 3 aromatic carbocycles. The molecule has 6 heteroatoms. The van der Waals surface area contributed by atoms with E-state index in [0.29, 0.717) is 17.4 Å². The van der Waals surface area contributed by atoms with E-state index in [-0.39, 0.29) is 6.04 Å². The lowest BCUT2D eigenvalue weighted by Crippen LogP contribution is -2.33. The van der Waals surface area contributed by atoms with Gasteiger partial charge in [-0.3, -0.25) is 4.90 Å². The Balaban J connectivity index is 1.69. The van der Waals surface area contributed by atoms with Crippen molar-refractivity contribution in [2.24, 2.45) is 0 Å². The van der Waals surface area contributed by atoms with Crippen LogP contribution in [0, 0.1) is 0 Å². The zero-order valence-corrected chi connectivity index (χ0v) is 20.0. The van der Waals surface area contributed by atoms with Crippen LogP contribution in [-0.4, -0.2) is 45.3 Å². The van der Waals surface area contributed by atoms with E-state index < -0.39 is 0 Å². The van der Waals surface area contributed by atoms with Crippen LogP contribution in [0.4, 0.5) is 0 Å². The van der Waals surface area contributed by atoms with Gasteiger partial charge in [-0.05, 0) is 54.4 Å². The molecule has 0 saturated carbocycles. The second kappa shape index (κ2) is 11.4. The molecule has 1 unspecified atom stereocenters. The molecule has 4 rings (SSSR count). The van der Waals surface area contributed by atoms with Gasteiger partial charge in [0, 0.05) is 30.2 Å². The minimum Gasteiger partial charge on any atom is -0.496 e. The van der Waals surface area contributed by atoms with E-state index in [4.69, 9.17) is 25.8 Å². The lowest BCUT2D eigenvalue weighted by molar-refractivity contribution is 0.235. The van der Waals surface area contributed by atoms with Gasteiger partial charge in [0.1, 0.15) is 12.4 Å². The number of methoxy groups -OCH3 is 2. The fourth-order valence-electron chi connectivity index (χ4n) is 4.34. The molecular weight excluding hydrogens is 436 g/mol. The molecule has 1 fully saturated rings. The maximum absolute atomic E-state index is 6.43. The lowest BCUT2D eigenvalue weighted by Gasteiger charge is -2.32. The normalized spacial score (nSPS) is 15.5. The summed E-state index contributed by atoms with van der Waals surface area (Å²) in [5, 5.41) is 4.19. The second-order valence-electron chi connectivity index (χ2n) is 8.11. The second-order valence-corrected chi connectivity index (χ2v) is 8.55. The molecule has 5 nitrogen and oxygen atoms in total. The number of benzene rings is 3. The SMILES string of the molecule is COc1cc(C(c2cc(Cl)ccc2OC)N2CCCNCC2)ccc1OCc1ccccc1. The maximum atomic E-state index is 6.43. The van der Waals surface area contributed by atoms with Crippen molar-refractivity contribution in [2.45, 2.75) is 19.1 Å². The van der Waals surface area contributed by atoms with Crippen molar-refractivity contribution in [1.29, 1.82) is 0 Å². The van der Waals surface area contributed by atoms with E-state index in [2.05, 4.69) is 34.5 Å². The van der Waals surface area contributed by atoms with Crippen molar-refractivity contribution in [3.63, 3.8) is 0 Å².